The molecular formula is C14H26N2O11. The van der Waals surface area contributed by atoms with Crippen molar-refractivity contribution in [3.8, 4) is 0 Å². The minimum Gasteiger partial charge on any atom is -0.394 e. The summed E-state index contributed by atoms with van der Waals surface area (Å²) in [6.45, 7) is -2.82. The summed E-state index contributed by atoms with van der Waals surface area (Å²) in [5.41, 5.74) is 5.20. The number of rotatable bonds is 7. The lowest BCUT2D eigenvalue weighted by atomic mass is 9.96. The molecule has 9 atom stereocenters. The van der Waals surface area contributed by atoms with Crippen molar-refractivity contribution in [2.45, 2.75) is 54.7 Å². The van der Waals surface area contributed by atoms with E-state index >= 15 is 0 Å². The Balaban J connectivity index is 2.23. The van der Waals surface area contributed by atoms with E-state index < -0.39 is 87.0 Å². The minimum atomic E-state index is -2.26. The Morgan fingerprint density at radius 1 is 1.04 bits per heavy atom. The molecule has 0 radical (unpaired) electrons. The van der Waals surface area contributed by atoms with Crippen molar-refractivity contribution in [1.82, 2.24) is 5.32 Å². The van der Waals surface area contributed by atoms with Crippen LogP contribution in [0, 0.1) is 0 Å². The van der Waals surface area contributed by atoms with E-state index in [1.807, 2.05) is 0 Å². The van der Waals surface area contributed by atoms with Crippen molar-refractivity contribution in [3.05, 3.63) is 0 Å². The molecule has 2 rings (SSSR count). The number of nitrogens with two attached hydrogens (primary N) is 1. The van der Waals surface area contributed by atoms with Crippen molar-refractivity contribution >= 4 is 5.91 Å². The van der Waals surface area contributed by atoms with Crippen LogP contribution >= 0.6 is 0 Å². The Morgan fingerprint density at radius 3 is 2.15 bits per heavy atom. The first-order chi connectivity index (χ1) is 12.7. The van der Waals surface area contributed by atoms with Gasteiger partial charge in [-0.1, -0.05) is 0 Å². The highest BCUT2D eigenvalue weighted by molar-refractivity contribution is 5.78. The minimum absolute atomic E-state index is 0.432. The zero-order valence-electron chi connectivity index (χ0n) is 14.3. The average Bonchev–Trinajstić information content (AvgIpc) is 2.92. The number of hydrogen-bond donors (Lipinski definition) is 9. The van der Waals surface area contributed by atoms with Gasteiger partial charge in [0, 0.05) is 0 Å². The van der Waals surface area contributed by atoms with Crippen LogP contribution in [0.2, 0.25) is 0 Å². The third kappa shape index (κ3) is 4.23. The quantitative estimate of drug-likeness (QED) is 0.195. The molecule has 0 aromatic heterocycles. The summed E-state index contributed by atoms with van der Waals surface area (Å²) in [7, 11) is 0. The number of aliphatic hydroxyl groups excluding tert-OH is 7. The van der Waals surface area contributed by atoms with Gasteiger partial charge in [0.05, 0.1) is 25.8 Å². The molecule has 27 heavy (non-hydrogen) atoms. The highest BCUT2D eigenvalue weighted by Gasteiger charge is 2.58. The average molecular weight is 398 g/mol. The molecule has 0 saturated carbocycles. The van der Waals surface area contributed by atoms with E-state index in [9.17, 15) is 40.5 Å². The summed E-state index contributed by atoms with van der Waals surface area (Å²) in [6.07, 6.45) is -10.9. The molecule has 2 fully saturated rings. The molecule has 0 aliphatic carbocycles. The van der Waals surface area contributed by atoms with Crippen LogP contribution in [0.4, 0.5) is 0 Å². The third-order valence-corrected chi connectivity index (χ3v) is 4.62. The topological polar surface area (TPSA) is 224 Å². The van der Waals surface area contributed by atoms with E-state index in [0.717, 1.165) is 0 Å². The van der Waals surface area contributed by atoms with Crippen molar-refractivity contribution in [2.24, 2.45) is 5.73 Å². The van der Waals surface area contributed by atoms with Gasteiger partial charge in [0.15, 0.2) is 6.29 Å². The van der Waals surface area contributed by atoms with Crippen LogP contribution in [0.1, 0.15) is 0 Å². The Hall–Kier alpha value is -0.970. The number of nitrogens with one attached hydrogen (secondary N) is 1. The number of carbonyl (C=O) groups excluding carboxylic acids is 1. The molecule has 0 aromatic carbocycles. The molecule has 2 aliphatic heterocycles. The molecule has 13 heteroatoms. The van der Waals surface area contributed by atoms with E-state index in [-0.39, 0.29) is 0 Å². The summed E-state index contributed by atoms with van der Waals surface area (Å²) < 4.78 is 15.8. The number of carbonyl (C=O) groups is 1. The first-order valence-electron chi connectivity index (χ1n) is 8.30. The second-order valence-corrected chi connectivity index (χ2v) is 6.37. The lowest BCUT2D eigenvalue weighted by molar-refractivity contribution is -0.375. The maximum Gasteiger partial charge on any atom is 0.234 e. The second kappa shape index (κ2) is 9.02. The standard InChI is InChI=1S/C14H26N2O11/c15-1-7(20)16-8-9(21)5(2-17)25-13(11(8)23)27-14(4-19)12(24)10(22)6(3-18)26-14/h5-6,8-13,17-19,21-24H,1-4,15H2,(H,16,20)/t5-,6-,8-,9-,10-,11-,12+,13-,14+/m1/s1. The highest BCUT2D eigenvalue weighted by atomic mass is 16.8. The SMILES string of the molecule is NCC(=O)N[C@H]1[C@@H](O)[C@@H](O[C@]2(CO)O[C@H](CO)[C@@H](O)[C@@H]2O)O[C@H](CO)[C@H]1O. The van der Waals surface area contributed by atoms with Gasteiger partial charge >= 0.3 is 0 Å². The maximum atomic E-state index is 11.5. The Bertz CT molecular complexity index is 511. The first-order valence-corrected chi connectivity index (χ1v) is 8.30. The van der Waals surface area contributed by atoms with Crippen LogP contribution in [0.25, 0.3) is 0 Å². The van der Waals surface area contributed by atoms with Crippen LogP contribution in [0.15, 0.2) is 0 Å². The van der Waals surface area contributed by atoms with Crippen molar-refractivity contribution in [3.63, 3.8) is 0 Å². The van der Waals surface area contributed by atoms with Crippen molar-refractivity contribution in [2.75, 3.05) is 26.4 Å². The van der Waals surface area contributed by atoms with E-state index in [1.54, 1.807) is 0 Å². The predicted octanol–water partition coefficient (Wildman–Crippen LogP) is -6.31. The smallest absolute Gasteiger partial charge is 0.234 e. The van der Waals surface area contributed by atoms with Gasteiger partial charge in [-0.05, 0) is 0 Å². The van der Waals surface area contributed by atoms with Crippen LogP contribution in [-0.2, 0) is 19.0 Å². The maximum absolute atomic E-state index is 11.5. The summed E-state index contributed by atoms with van der Waals surface area (Å²) in [5, 5.41) is 71.1. The van der Waals surface area contributed by atoms with E-state index in [0.29, 0.717) is 0 Å². The van der Waals surface area contributed by atoms with Gasteiger partial charge in [-0.2, -0.15) is 0 Å². The molecule has 2 heterocycles. The molecule has 0 spiro atoms. The molecule has 2 saturated heterocycles. The Morgan fingerprint density at radius 2 is 1.67 bits per heavy atom. The molecular weight excluding hydrogens is 372 g/mol. The zero-order valence-corrected chi connectivity index (χ0v) is 14.3. The zero-order chi connectivity index (χ0) is 20.4. The van der Waals surface area contributed by atoms with Gasteiger partial charge < -0.3 is 61.0 Å². The fraction of sp³-hybridized carbons (Fsp3) is 0.929. The monoisotopic (exact) mass is 398 g/mol. The third-order valence-electron chi connectivity index (χ3n) is 4.62. The summed E-state index contributed by atoms with van der Waals surface area (Å²) in [5.74, 6) is -2.97. The number of amides is 1. The molecule has 158 valence electrons. The predicted molar refractivity (Wildman–Crippen MR) is 83.6 cm³/mol. The molecule has 0 aromatic rings. The van der Waals surface area contributed by atoms with Crippen molar-refractivity contribution < 1.29 is 54.8 Å². The number of aliphatic hydroxyl groups is 7. The summed E-state index contributed by atoms with van der Waals surface area (Å²) in [6, 6.07) is -1.36. The molecule has 10 N–H and O–H groups in total. The van der Waals surface area contributed by atoms with Gasteiger partial charge in [0.1, 0.15) is 43.2 Å². The number of hydrogen-bond acceptors (Lipinski definition) is 12. The van der Waals surface area contributed by atoms with Crippen LogP contribution in [-0.4, -0.2) is 123 Å². The highest BCUT2D eigenvalue weighted by Crippen LogP contribution is 2.35. The molecule has 0 bridgehead atoms. The fourth-order valence-electron chi connectivity index (χ4n) is 3.07. The molecule has 13 nitrogen and oxygen atoms in total. The lowest BCUT2D eigenvalue weighted by Crippen LogP contribution is -2.67. The van der Waals surface area contributed by atoms with E-state index in [4.69, 9.17) is 19.9 Å². The first kappa shape index (κ1) is 22.3. The lowest BCUT2D eigenvalue weighted by Gasteiger charge is -2.45. The van der Waals surface area contributed by atoms with Crippen LogP contribution in [0.5, 0.6) is 0 Å². The second-order valence-electron chi connectivity index (χ2n) is 6.37. The van der Waals surface area contributed by atoms with E-state index in [1.165, 1.54) is 0 Å². The Kier molecular flexibility index (Phi) is 7.46. The van der Waals surface area contributed by atoms with Gasteiger partial charge in [-0.3, -0.25) is 4.79 Å². The number of ether oxygens (including phenoxy) is 3. The van der Waals surface area contributed by atoms with Gasteiger partial charge in [-0.25, -0.2) is 0 Å². The van der Waals surface area contributed by atoms with Gasteiger partial charge in [0.25, 0.3) is 0 Å². The summed E-state index contributed by atoms with van der Waals surface area (Å²) >= 11 is 0. The summed E-state index contributed by atoms with van der Waals surface area (Å²) in [4.78, 5) is 11.5. The fourth-order valence-corrected chi connectivity index (χ4v) is 3.07. The van der Waals surface area contributed by atoms with Gasteiger partial charge in [0.2, 0.25) is 11.7 Å². The largest absolute Gasteiger partial charge is 0.394 e. The van der Waals surface area contributed by atoms with Gasteiger partial charge in [-0.15, -0.1) is 0 Å². The van der Waals surface area contributed by atoms with Crippen molar-refractivity contribution in [1.29, 1.82) is 0 Å². The molecule has 1 amide bonds. The molecule has 0 unspecified atom stereocenters. The normalized spacial score (nSPS) is 45.0. The Labute approximate surface area is 153 Å². The van der Waals surface area contributed by atoms with Crippen LogP contribution < -0.4 is 11.1 Å². The molecule has 2 aliphatic rings. The van der Waals surface area contributed by atoms with Crippen LogP contribution in [0.3, 0.4) is 0 Å². The van der Waals surface area contributed by atoms with E-state index in [2.05, 4.69) is 5.32 Å².